The highest BCUT2D eigenvalue weighted by molar-refractivity contribution is 7.91. The van der Waals surface area contributed by atoms with Gasteiger partial charge >= 0.3 is 0 Å². The number of aromatic nitrogens is 4. The summed E-state index contributed by atoms with van der Waals surface area (Å²) in [7, 11) is -3.95. The molecule has 0 aliphatic rings. The Morgan fingerprint density at radius 3 is 2.52 bits per heavy atom. The third-order valence-electron chi connectivity index (χ3n) is 4.90. The smallest absolute Gasteiger partial charge is 0.229 e. The highest BCUT2D eigenvalue weighted by Crippen LogP contribution is 2.29. The van der Waals surface area contributed by atoms with Gasteiger partial charge in [-0.1, -0.05) is 41.1 Å². The molecule has 0 bridgehead atoms. The topological polar surface area (TPSA) is 89.2 Å². The van der Waals surface area contributed by atoms with E-state index in [0.29, 0.717) is 22.4 Å². The largest absolute Gasteiger partial charge is 0.340 e. The predicted octanol–water partition coefficient (Wildman–Crippen LogP) is 4.30. The first kappa shape index (κ1) is 19.1. The van der Waals surface area contributed by atoms with E-state index in [1.54, 1.807) is 30.3 Å². The van der Waals surface area contributed by atoms with Crippen LogP contribution in [0.3, 0.4) is 0 Å². The maximum atomic E-state index is 13.7. The van der Waals surface area contributed by atoms with E-state index in [4.69, 9.17) is 0 Å². The third kappa shape index (κ3) is 3.28. The maximum absolute atomic E-state index is 13.7. The van der Waals surface area contributed by atoms with Crippen molar-refractivity contribution in [2.75, 3.05) is 5.32 Å². The van der Waals surface area contributed by atoms with E-state index in [1.165, 1.54) is 28.8 Å². The lowest BCUT2D eigenvalue weighted by molar-refractivity contribution is 0.592. The SMILES string of the molecule is Cc1ccc(S(=O)(=O)c2nnn3c2nc(Nc2cccc(F)c2)c2ccccc23)cc1. The number of nitrogens with one attached hydrogen (secondary N) is 1. The Labute approximate surface area is 177 Å². The summed E-state index contributed by atoms with van der Waals surface area (Å²) in [6, 6.07) is 19.7. The highest BCUT2D eigenvalue weighted by Gasteiger charge is 2.27. The molecule has 3 aromatic carbocycles. The summed E-state index contributed by atoms with van der Waals surface area (Å²) in [4.78, 5) is 4.63. The van der Waals surface area contributed by atoms with E-state index < -0.39 is 15.7 Å². The number of para-hydroxylation sites is 1. The van der Waals surface area contributed by atoms with Gasteiger partial charge in [0.15, 0.2) is 5.65 Å². The van der Waals surface area contributed by atoms with Gasteiger partial charge in [-0.15, -0.1) is 5.10 Å². The summed E-state index contributed by atoms with van der Waals surface area (Å²) in [5.41, 5.74) is 2.12. The Hall–Kier alpha value is -3.85. The molecule has 0 saturated heterocycles. The van der Waals surface area contributed by atoms with E-state index in [0.717, 1.165) is 5.56 Å². The molecule has 0 spiro atoms. The lowest BCUT2D eigenvalue weighted by atomic mass is 10.2. The van der Waals surface area contributed by atoms with Crippen LogP contribution in [0, 0.1) is 12.7 Å². The van der Waals surface area contributed by atoms with Crippen molar-refractivity contribution in [1.29, 1.82) is 0 Å². The van der Waals surface area contributed by atoms with Gasteiger partial charge in [-0.3, -0.25) is 0 Å². The van der Waals surface area contributed by atoms with Crippen LogP contribution in [0.1, 0.15) is 5.56 Å². The standard InChI is InChI=1S/C22H16FN5O2S/c1-14-9-11-17(12-10-14)31(29,30)22-21-25-20(24-16-6-4-5-15(23)13-16)18-7-2-3-8-19(18)28(21)27-26-22/h2-13H,1H3,(H,24,25). The molecule has 0 amide bonds. The minimum atomic E-state index is -3.95. The van der Waals surface area contributed by atoms with Crippen LogP contribution in [0.15, 0.2) is 82.7 Å². The van der Waals surface area contributed by atoms with Crippen molar-refractivity contribution in [1.82, 2.24) is 19.8 Å². The highest BCUT2D eigenvalue weighted by atomic mass is 32.2. The average Bonchev–Trinajstić information content (AvgIpc) is 3.19. The lowest BCUT2D eigenvalue weighted by Crippen LogP contribution is -2.05. The van der Waals surface area contributed by atoms with Crippen molar-refractivity contribution in [2.45, 2.75) is 16.8 Å². The van der Waals surface area contributed by atoms with Gasteiger partial charge in [0.2, 0.25) is 14.9 Å². The van der Waals surface area contributed by atoms with Crippen LogP contribution in [0.5, 0.6) is 0 Å². The first-order valence-electron chi connectivity index (χ1n) is 9.42. The number of halogens is 1. The number of aryl methyl sites for hydroxylation is 1. The summed E-state index contributed by atoms with van der Waals surface area (Å²) < 4.78 is 41.5. The molecule has 0 unspecified atom stereocenters. The molecule has 5 rings (SSSR count). The van der Waals surface area contributed by atoms with E-state index >= 15 is 0 Å². The van der Waals surface area contributed by atoms with Crippen LogP contribution in [0.2, 0.25) is 0 Å². The molecule has 0 aliphatic heterocycles. The number of sulfone groups is 1. The summed E-state index contributed by atoms with van der Waals surface area (Å²) >= 11 is 0. The molecule has 31 heavy (non-hydrogen) atoms. The number of hydrogen-bond acceptors (Lipinski definition) is 6. The quantitative estimate of drug-likeness (QED) is 0.455. The lowest BCUT2D eigenvalue weighted by Gasteiger charge is -2.10. The number of fused-ring (bicyclic) bond motifs is 3. The zero-order valence-corrected chi connectivity index (χ0v) is 17.1. The second-order valence-electron chi connectivity index (χ2n) is 7.06. The van der Waals surface area contributed by atoms with E-state index in [2.05, 4.69) is 20.6 Å². The Morgan fingerprint density at radius 1 is 0.968 bits per heavy atom. The molecule has 2 aromatic heterocycles. The van der Waals surface area contributed by atoms with Crippen LogP contribution in [-0.4, -0.2) is 28.2 Å². The fourth-order valence-corrected chi connectivity index (χ4v) is 4.58. The molecular weight excluding hydrogens is 417 g/mol. The normalized spacial score (nSPS) is 11.8. The number of nitrogens with zero attached hydrogens (tertiary/aromatic N) is 4. The second kappa shape index (κ2) is 7.13. The molecule has 0 fully saturated rings. The van der Waals surface area contributed by atoms with Crippen LogP contribution in [-0.2, 0) is 9.84 Å². The number of benzene rings is 3. The molecule has 9 heteroatoms. The van der Waals surface area contributed by atoms with Gasteiger partial charge in [0, 0.05) is 11.1 Å². The fourth-order valence-electron chi connectivity index (χ4n) is 3.35. The molecule has 5 aromatic rings. The Morgan fingerprint density at radius 2 is 1.74 bits per heavy atom. The maximum Gasteiger partial charge on any atom is 0.229 e. The Kier molecular flexibility index (Phi) is 4.40. The van der Waals surface area contributed by atoms with Gasteiger partial charge in [-0.25, -0.2) is 17.8 Å². The van der Waals surface area contributed by atoms with Gasteiger partial charge in [0.05, 0.1) is 10.4 Å². The van der Waals surface area contributed by atoms with E-state index in [1.807, 2.05) is 25.1 Å². The predicted molar refractivity (Wildman–Crippen MR) is 115 cm³/mol. The van der Waals surface area contributed by atoms with Crippen molar-refractivity contribution in [3.8, 4) is 0 Å². The van der Waals surface area contributed by atoms with Crippen LogP contribution in [0.4, 0.5) is 15.9 Å². The summed E-state index contributed by atoms with van der Waals surface area (Å²) in [6.07, 6.45) is 0. The van der Waals surface area contributed by atoms with Crippen molar-refractivity contribution >= 4 is 37.9 Å². The van der Waals surface area contributed by atoms with Crippen molar-refractivity contribution in [3.63, 3.8) is 0 Å². The molecule has 7 nitrogen and oxygen atoms in total. The van der Waals surface area contributed by atoms with Gasteiger partial charge in [0.1, 0.15) is 11.6 Å². The molecule has 0 radical (unpaired) electrons. The minimum absolute atomic E-state index is 0.0816. The number of rotatable bonds is 4. The van der Waals surface area contributed by atoms with Crippen LogP contribution in [0.25, 0.3) is 16.6 Å². The third-order valence-corrected chi connectivity index (χ3v) is 6.56. The van der Waals surface area contributed by atoms with Crippen molar-refractivity contribution in [3.05, 3.63) is 84.2 Å². The zero-order chi connectivity index (χ0) is 21.6. The summed E-state index contributed by atoms with van der Waals surface area (Å²) in [5, 5.41) is 11.5. The minimum Gasteiger partial charge on any atom is -0.340 e. The van der Waals surface area contributed by atoms with Gasteiger partial charge < -0.3 is 5.32 Å². The van der Waals surface area contributed by atoms with E-state index in [-0.39, 0.29) is 15.6 Å². The number of hydrogen-bond donors (Lipinski definition) is 1. The van der Waals surface area contributed by atoms with Crippen LogP contribution >= 0.6 is 0 Å². The van der Waals surface area contributed by atoms with Crippen molar-refractivity contribution < 1.29 is 12.8 Å². The van der Waals surface area contributed by atoms with Gasteiger partial charge in [-0.2, -0.15) is 4.52 Å². The molecule has 154 valence electrons. The molecular formula is C22H16FN5O2S. The Balaban J connectivity index is 1.74. The summed E-state index contributed by atoms with van der Waals surface area (Å²) in [6.45, 7) is 1.88. The molecule has 1 N–H and O–H groups in total. The zero-order valence-electron chi connectivity index (χ0n) is 16.3. The molecule has 2 heterocycles. The molecule has 0 atom stereocenters. The first-order chi connectivity index (χ1) is 14.9. The van der Waals surface area contributed by atoms with Crippen LogP contribution < -0.4 is 5.32 Å². The van der Waals surface area contributed by atoms with E-state index in [9.17, 15) is 12.8 Å². The van der Waals surface area contributed by atoms with Gasteiger partial charge in [-0.05, 0) is 49.4 Å². The van der Waals surface area contributed by atoms with Crippen molar-refractivity contribution in [2.24, 2.45) is 0 Å². The Bertz CT molecular complexity index is 1550. The first-order valence-corrected chi connectivity index (χ1v) is 10.9. The summed E-state index contributed by atoms with van der Waals surface area (Å²) in [5.74, 6) is -0.0274. The second-order valence-corrected chi connectivity index (χ2v) is 8.92. The molecule has 0 aliphatic carbocycles. The fraction of sp³-hybridized carbons (Fsp3) is 0.0455. The average molecular weight is 433 g/mol. The number of anilines is 2. The monoisotopic (exact) mass is 433 g/mol. The molecule has 0 saturated carbocycles. The van der Waals surface area contributed by atoms with Gasteiger partial charge in [0.25, 0.3) is 0 Å².